The molecule has 15 rings (SSSR count). The molecule has 5 nitrogen and oxygen atoms in total. The van der Waals surface area contributed by atoms with Gasteiger partial charge in [-0.05, 0) is 301 Å². The molecule has 5 heterocycles. The maximum Gasteiger partial charge on any atom is 0.213 e. The van der Waals surface area contributed by atoms with Gasteiger partial charge in [0.15, 0.2) is 0 Å². The first-order chi connectivity index (χ1) is 52.0. The Bertz CT molecular complexity index is 6150. The molecular formula is C100H105F5N5+5. The van der Waals surface area contributed by atoms with Crippen molar-refractivity contribution in [2.45, 2.75) is 138 Å². The molecule has 0 spiro atoms. The Morgan fingerprint density at radius 1 is 0.191 bits per heavy atom. The van der Waals surface area contributed by atoms with Crippen LogP contribution in [0.15, 0.2) is 182 Å². The average molecular weight is 1470 g/mol. The van der Waals surface area contributed by atoms with Gasteiger partial charge in [0.25, 0.3) is 0 Å². The summed E-state index contributed by atoms with van der Waals surface area (Å²) in [4.78, 5) is 0. The number of rotatable bonds is 5. The first kappa shape index (κ1) is 79.9. The summed E-state index contributed by atoms with van der Waals surface area (Å²) in [5.74, 6) is -0.660. The van der Waals surface area contributed by atoms with Crippen LogP contribution in [-0.2, 0) is 35.2 Å². The maximum atomic E-state index is 14.2. The SMILES string of the molecule is Cc1cc(C)c(C)c(-c2ccc3c(C)c(F)c(C)cc3[n+]2C)c1.Cc1cc(C)c(C)c(-c2ccc3c(C)c(F)ccc3[n+]2C)c1.Cc1cc(C)c(C)c(-c2ccc3cc(F)c(C)cc3[n+]2C)c1.Cc1ccc(C)c(-c2ccc3c(C)c(F)c(C)cc3[n+]2C)c1.Cc1ccc(C)c(-c2ccc3cc(F)c(C)cc3[n+]2C)c1. The van der Waals surface area contributed by atoms with Crippen LogP contribution in [0.2, 0.25) is 0 Å². The molecule has 5 aromatic heterocycles. The van der Waals surface area contributed by atoms with E-state index in [4.69, 9.17) is 0 Å². The third-order valence-electron chi connectivity index (χ3n) is 22.7. The van der Waals surface area contributed by atoms with Crippen LogP contribution in [0.1, 0.15) is 111 Å². The standard InChI is InChI=1S/C21H23FN.3C20H21FN.C19H19FN/c1-12-9-13(2)15(4)18(10-12)19-8-7-17-16(5)21(22)14(3)11-20(17)23(19)6;1-12-10-13(2)14(3)17(11-12)20-8-6-16-15(4)18(21)7-9-19(16)22(20)5;1-12-8-13(2)15(4)17(9-12)19-7-6-16-11-18(21)14(3)10-20(16)22(19)5;1-12-6-7-13(2)17(10-12)18-9-8-16-15(4)20(21)14(3)11-19(16)22(18)5;1-12-5-6-13(2)16(9-12)18-8-7-15-11-17(20)14(3)10-19(15)21(18)4/h7-11H,1-6H3;3*6-11H,1-5H3;5-11H,1-4H3/q5*+1. The van der Waals surface area contributed by atoms with Crippen molar-refractivity contribution in [3.8, 4) is 56.3 Å². The van der Waals surface area contributed by atoms with Crippen LogP contribution in [0, 0.1) is 168 Å². The van der Waals surface area contributed by atoms with Crippen LogP contribution in [0.3, 0.4) is 0 Å². The molecule has 0 saturated heterocycles. The van der Waals surface area contributed by atoms with Gasteiger partial charge in [0, 0.05) is 99.3 Å². The Morgan fingerprint density at radius 2 is 0.482 bits per heavy atom. The Hall–Kier alpha value is -11.1. The minimum absolute atomic E-state index is 0.104. The molecule has 560 valence electrons. The summed E-state index contributed by atoms with van der Waals surface area (Å²) in [6, 6.07) is 61.1. The number of halogens is 5. The van der Waals surface area contributed by atoms with Crippen LogP contribution < -0.4 is 22.8 Å². The number of hydrogen-bond acceptors (Lipinski definition) is 0. The lowest BCUT2D eigenvalue weighted by Crippen LogP contribution is -2.32. The lowest BCUT2D eigenvalue weighted by Gasteiger charge is -2.12. The second kappa shape index (κ2) is 32.2. The summed E-state index contributed by atoms with van der Waals surface area (Å²) in [6.07, 6.45) is 0. The summed E-state index contributed by atoms with van der Waals surface area (Å²) >= 11 is 0. The minimum Gasteiger partial charge on any atom is -0.207 e. The lowest BCUT2D eigenvalue weighted by atomic mass is 9.96. The zero-order valence-corrected chi connectivity index (χ0v) is 68.9. The van der Waals surface area contributed by atoms with Gasteiger partial charge in [-0.3, -0.25) is 0 Å². The average Bonchev–Trinajstić information content (AvgIpc) is 0.739. The summed E-state index contributed by atoms with van der Waals surface area (Å²) in [5, 5.41) is 4.76. The number of fused-ring (bicyclic) bond motifs is 5. The third kappa shape index (κ3) is 15.9. The fourth-order valence-corrected chi connectivity index (χ4v) is 15.6. The number of nitrogens with zero attached hydrogens (tertiary/aromatic N) is 5. The van der Waals surface area contributed by atoms with Crippen molar-refractivity contribution in [2.75, 3.05) is 0 Å². The first-order valence-corrected chi connectivity index (χ1v) is 37.8. The molecule has 10 aromatic carbocycles. The molecule has 0 aliphatic rings. The highest BCUT2D eigenvalue weighted by atomic mass is 19.1. The van der Waals surface area contributed by atoms with E-state index in [2.05, 4.69) is 230 Å². The highest BCUT2D eigenvalue weighted by Crippen LogP contribution is 2.34. The van der Waals surface area contributed by atoms with Gasteiger partial charge in [0.1, 0.15) is 64.3 Å². The first-order valence-electron chi connectivity index (χ1n) is 37.8. The van der Waals surface area contributed by atoms with Crippen LogP contribution >= 0.6 is 0 Å². The lowest BCUT2D eigenvalue weighted by molar-refractivity contribution is -0.633. The van der Waals surface area contributed by atoms with E-state index >= 15 is 0 Å². The molecule has 0 unspecified atom stereocenters. The van der Waals surface area contributed by atoms with E-state index in [0.29, 0.717) is 27.8 Å². The van der Waals surface area contributed by atoms with Gasteiger partial charge in [-0.25, -0.2) is 22.0 Å². The van der Waals surface area contributed by atoms with E-state index in [9.17, 15) is 22.0 Å². The number of pyridine rings is 5. The molecular weight excluding hydrogens is 1370 g/mol. The number of aromatic nitrogens is 5. The Labute approximate surface area is 647 Å². The molecule has 0 aliphatic heterocycles. The topological polar surface area (TPSA) is 19.4 Å². The van der Waals surface area contributed by atoms with Crippen molar-refractivity contribution in [1.29, 1.82) is 0 Å². The van der Waals surface area contributed by atoms with Gasteiger partial charge in [0.05, 0.1) is 16.2 Å². The number of benzene rings is 10. The quantitative estimate of drug-likeness (QED) is 0.121. The van der Waals surface area contributed by atoms with Crippen molar-refractivity contribution in [1.82, 2.24) is 0 Å². The highest BCUT2D eigenvalue weighted by molar-refractivity contribution is 5.86. The van der Waals surface area contributed by atoms with Crippen molar-refractivity contribution < 1.29 is 44.8 Å². The third-order valence-corrected chi connectivity index (χ3v) is 22.7. The van der Waals surface area contributed by atoms with E-state index in [-0.39, 0.29) is 29.1 Å². The molecule has 110 heavy (non-hydrogen) atoms. The molecule has 0 atom stereocenters. The Morgan fingerprint density at radius 3 is 0.836 bits per heavy atom. The predicted octanol–water partition coefficient (Wildman–Crippen LogP) is 23.5. The van der Waals surface area contributed by atoms with E-state index in [1.165, 1.54) is 100 Å². The zero-order valence-electron chi connectivity index (χ0n) is 68.9. The van der Waals surface area contributed by atoms with Gasteiger partial charge in [-0.2, -0.15) is 22.8 Å². The number of aryl methyl sites for hydroxylation is 22. The minimum atomic E-state index is -0.151. The van der Waals surface area contributed by atoms with E-state index in [1.807, 2.05) is 123 Å². The molecule has 10 heteroatoms. The monoisotopic (exact) mass is 1470 g/mol. The summed E-state index contributed by atoms with van der Waals surface area (Å²) in [5.41, 5.74) is 38.6. The number of hydrogen-bond donors (Lipinski definition) is 0. The molecule has 0 bridgehead atoms. The van der Waals surface area contributed by atoms with E-state index in [1.54, 1.807) is 25.1 Å². The van der Waals surface area contributed by atoms with E-state index < -0.39 is 0 Å². The smallest absolute Gasteiger partial charge is 0.207 e. The van der Waals surface area contributed by atoms with Crippen LogP contribution in [-0.4, -0.2) is 0 Å². The molecule has 0 radical (unpaired) electrons. The second-order valence-electron chi connectivity index (χ2n) is 30.8. The van der Waals surface area contributed by atoms with Gasteiger partial charge >= 0.3 is 0 Å². The summed E-state index contributed by atoms with van der Waals surface area (Å²) in [6.45, 7) is 40.5. The normalized spacial score (nSPS) is 11.2. The zero-order chi connectivity index (χ0) is 80.1. The maximum absolute atomic E-state index is 14.2. The van der Waals surface area contributed by atoms with Crippen molar-refractivity contribution in [3.63, 3.8) is 0 Å². The Balaban J connectivity index is 0.000000136. The Kier molecular flexibility index (Phi) is 23.4. The fraction of sp³-hybridized carbons (Fsp3) is 0.250. The van der Waals surface area contributed by atoms with E-state index in [0.717, 1.165) is 94.1 Å². The molecule has 0 amide bonds. The van der Waals surface area contributed by atoms with Crippen LogP contribution in [0.5, 0.6) is 0 Å². The van der Waals surface area contributed by atoms with Crippen molar-refractivity contribution in [2.24, 2.45) is 35.2 Å². The van der Waals surface area contributed by atoms with Crippen LogP contribution in [0.4, 0.5) is 22.0 Å². The van der Waals surface area contributed by atoms with Crippen molar-refractivity contribution >= 4 is 54.5 Å². The second-order valence-corrected chi connectivity index (χ2v) is 30.8. The molecule has 0 aliphatic carbocycles. The molecule has 15 aromatic rings. The summed E-state index contributed by atoms with van der Waals surface area (Å²) in [7, 11) is 10.2. The van der Waals surface area contributed by atoms with Gasteiger partial charge in [-0.15, -0.1) is 0 Å². The van der Waals surface area contributed by atoms with Gasteiger partial charge in [-0.1, -0.05) is 70.3 Å². The summed E-state index contributed by atoms with van der Waals surface area (Å²) < 4.78 is 80.3. The van der Waals surface area contributed by atoms with Crippen molar-refractivity contribution in [3.05, 3.63) is 322 Å². The highest BCUT2D eigenvalue weighted by Gasteiger charge is 2.26. The van der Waals surface area contributed by atoms with Crippen LogP contribution in [0.25, 0.3) is 111 Å². The molecule has 0 saturated carbocycles. The molecule has 0 fully saturated rings. The van der Waals surface area contributed by atoms with Gasteiger partial charge < -0.3 is 0 Å². The molecule has 0 N–H and O–H groups in total. The predicted molar refractivity (Wildman–Crippen MR) is 447 cm³/mol. The largest absolute Gasteiger partial charge is 0.213 e. The van der Waals surface area contributed by atoms with Gasteiger partial charge in [0.2, 0.25) is 56.1 Å². The fourth-order valence-electron chi connectivity index (χ4n) is 15.6.